The number of hydrogen-bond acceptors (Lipinski definition) is 4. The van der Waals surface area contributed by atoms with Gasteiger partial charge in [-0.2, -0.15) is 5.10 Å². The first-order chi connectivity index (χ1) is 12.7. The van der Waals surface area contributed by atoms with Crippen molar-refractivity contribution in [2.75, 3.05) is 26.2 Å². The Morgan fingerprint density at radius 3 is 2.85 bits per heavy atom. The van der Waals surface area contributed by atoms with Crippen molar-refractivity contribution in [3.05, 3.63) is 54.4 Å². The molecule has 0 spiro atoms. The molecule has 1 unspecified atom stereocenters. The SMILES string of the molecule is O=C(CC1C(=O)NCCN1CCc1ccccc1)NCCn1cccn1. The van der Waals surface area contributed by atoms with Gasteiger partial charge in [-0.25, -0.2) is 0 Å². The molecule has 1 saturated heterocycles. The van der Waals surface area contributed by atoms with Gasteiger partial charge in [-0.1, -0.05) is 30.3 Å². The third-order valence-corrected chi connectivity index (χ3v) is 4.57. The maximum absolute atomic E-state index is 12.3. The summed E-state index contributed by atoms with van der Waals surface area (Å²) in [6.45, 7) is 3.28. The van der Waals surface area contributed by atoms with Crippen molar-refractivity contribution in [3.8, 4) is 0 Å². The summed E-state index contributed by atoms with van der Waals surface area (Å²) in [5.74, 6) is -0.171. The average molecular weight is 355 g/mol. The lowest BCUT2D eigenvalue weighted by atomic mass is 10.1. The zero-order valence-corrected chi connectivity index (χ0v) is 14.8. The van der Waals surface area contributed by atoms with Crippen LogP contribution in [0.2, 0.25) is 0 Å². The van der Waals surface area contributed by atoms with Crippen molar-refractivity contribution in [2.24, 2.45) is 0 Å². The molecule has 0 aliphatic carbocycles. The minimum absolute atomic E-state index is 0.0634. The summed E-state index contributed by atoms with van der Waals surface area (Å²) in [7, 11) is 0. The van der Waals surface area contributed by atoms with Gasteiger partial charge >= 0.3 is 0 Å². The minimum Gasteiger partial charge on any atom is -0.354 e. The summed E-state index contributed by atoms with van der Waals surface area (Å²) in [5, 5.41) is 9.85. The van der Waals surface area contributed by atoms with Crippen molar-refractivity contribution in [1.82, 2.24) is 25.3 Å². The highest BCUT2D eigenvalue weighted by Gasteiger charge is 2.31. The van der Waals surface area contributed by atoms with Gasteiger partial charge in [-0.15, -0.1) is 0 Å². The molecule has 7 heteroatoms. The lowest BCUT2D eigenvalue weighted by molar-refractivity contribution is -0.133. The summed E-state index contributed by atoms with van der Waals surface area (Å²) in [5.41, 5.74) is 1.24. The fourth-order valence-electron chi connectivity index (χ4n) is 3.16. The Kier molecular flexibility index (Phi) is 6.38. The van der Waals surface area contributed by atoms with E-state index in [2.05, 4.69) is 32.8 Å². The van der Waals surface area contributed by atoms with Crippen LogP contribution in [-0.2, 0) is 22.6 Å². The summed E-state index contributed by atoms with van der Waals surface area (Å²) in [6, 6.07) is 11.6. The number of rotatable bonds is 8. The number of aromatic nitrogens is 2. The number of carbonyl (C=O) groups is 2. The quantitative estimate of drug-likeness (QED) is 0.720. The molecular weight excluding hydrogens is 330 g/mol. The fraction of sp³-hybridized carbons (Fsp3) is 0.421. The molecule has 1 atom stereocenters. The minimum atomic E-state index is -0.405. The number of hydrogen-bond donors (Lipinski definition) is 2. The third-order valence-electron chi connectivity index (χ3n) is 4.57. The Hall–Kier alpha value is -2.67. The highest BCUT2D eigenvalue weighted by Crippen LogP contribution is 2.11. The molecule has 7 nitrogen and oxygen atoms in total. The van der Waals surface area contributed by atoms with Gasteiger partial charge in [0.05, 0.1) is 19.0 Å². The maximum Gasteiger partial charge on any atom is 0.237 e. The van der Waals surface area contributed by atoms with E-state index in [4.69, 9.17) is 0 Å². The van der Waals surface area contributed by atoms with Crippen LogP contribution in [0.5, 0.6) is 0 Å². The molecule has 2 heterocycles. The largest absolute Gasteiger partial charge is 0.354 e. The van der Waals surface area contributed by atoms with E-state index in [0.717, 1.165) is 19.5 Å². The second-order valence-electron chi connectivity index (χ2n) is 6.40. The van der Waals surface area contributed by atoms with E-state index in [1.54, 1.807) is 10.9 Å². The first-order valence-corrected chi connectivity index (χ1v) is 9.02. The highest BCUT2D eigenvalue weighted by atomic mass is 16.2. The number of benzene rings is 1. The molecule has 1 aliphatic rings. The van der Waals surface area contributed by atoms with Crippen molar-refractivity contribution < 1.29 is 9.59 Å². The molecule has 1 aromatic carbocycles. The van der Waals surface area contributed by atoms with Gasteiger partial charge in [0.25, 0.3) is 0 Å². The van der Waals surface area contributed by atoms with E-state index < -0.39 is 6.04 Å². The zero-order valence-electron chi connectivity index (χ0n) is 14.8. The van der Waals surface area contributed by atoms with Crippen LogP contribution in [0.15, 0.2) is 48.8 Å². The smallest absolute Gasteiger partial charge is 0.237 e. The first kappa shape index (κ1) is 18.1. The summed E-state index contributed by atoms with van der Waals surface area (Å²) >= 11 is 0. The Morgan fingerprint density at radius 1 is 1.23 bits per heavy atom. The summed E-state index contributed by atoms with van der Waals surface area (Å²) in [4.78, 5) is 26.6. The van der Waals surface area contributed by atoms with Crippen LogP contribution < -0.4 is 10.6 Å². The molecule has 2 aromatic rings. The topological polar surface area (TPSA) is 79.3 Å². The number of nitrogens with zero attached hydrogens (tertiary/aromatic N) is 3. The van der Waals surface area contributed by atoms with Gasteiger partial charge in [0.2, 0.25) is 11.8 Å². The van der Waals surface area contributed by atoms with E-state index in [-0.39, 0.29) is 18.2 Å². The van der Waals surface area contributed by atoms with E-state index in [1.165, 1.54) is 5.56 Å². The standard InChI is InChI=1S/C19H25N5O2/c25-18(20-10-14-24-11-4-8-22-24)15-17-19(26)21-9-13-23(17)12-7-16-5-2-1-3-6-16/h1-6,8,11,17H,7,9-10,12-15H2,(H,20,25)(H,21,26). The average Bonchev–Trinajstić information content (AvgIpc) is 3.16. The fourth-order valence-corrected chi connectivity index (χ4v) is 3.16. The summed E-state index contributed by atoms with van der Waals surface area (Å²) in [6.07, 6.45) is 4.61. The molecular formula is C19H25N5O2. The monoisotopic (exact) mass is 355 g/mol. The van der Waals surface area contributed by atoms with Crippen LogP contribution in [0.25, 0.3) is 0 Å². The molecule has 1 fully saturated rings. The van der Waals surface area contributed by atoms with Gasteiger partial charge in [0, 0.05) is 38.6 Å². The van der Waals surface area contributed by atoms with E-state index in [0.29, 0.717) is 19.6 Å². The van der Waals surface area contributed by atoms with Crippen molar-refractivity contribution in [1.29, 1.82) is 0 Å². The molecule has 2 amide bonds. The lowest BCUT2D eigenvalue weighted by Crippen LogP contribution is -2.57. The van der Waals surface area contributed by atoms with Gasteiger partial charge in [-0.3, -0.25) is 19.2 Å². The molecule has 1 aliphatic heterocycles. The lowest BCUT2D eigenvalue weighted by Gasteiger charge is -2.34. The van der Waals surface area contributed by atoms with Crippen LogP contribution in [0.3, 0.4) is 0 Å². The van der Waals surface area contributed by atoms with Gasteiger partial charge in [0.1, 0.15) is 0 Å². The van der Waals surface area contributed by atoms with Crippen molar-refractivity contribution >= 4 is 11.8 Å². The predicted octanol–water partition coefficient (Wildman–Crippen LogP) is 0.433. The Labute approximate surface area is 153 Å². The van der Waals surface area contributed by atoms with Gasteiger partial charge in [0.15, 0.2) is 0 Å². The highest BCUT2D eigenvalue weighted by molar-refractivity contribution is 5.88. The predicted molar refractivity (Wildman–Crippen MR) is 98.4 cm³/mol. The summed E-state index contributed by atoms with van der Waals surface area (Å²) < 4.78 is 1.76. The number of piperazine rings is 1. The molecule has 0 radical (unpaired) electrons. The zero-order chi connectivity index (χ0) is 18.2. The molecule has 3 rings (SSSR count). The van der Waals surface area contributed by atoms with Gasteiger partial charge < -0.3 is 10.6 Å². The van der Waals surface area contributed by atoms with E-state index in [1.807, 2.05) is 30.5 Å². The molecule has 0 saturated carbocycles. The molecule has 0 bridgehead atoms. The normalized spacial score (nSPS) is 17.7. The number of carbonyl (C=O) groups excluding carboxylic acids is 2. The Morgan fingerprint density at radius 2 is 2.08 bits per heavy atom. The van der Waals surface area contributed by atoms with E-state index in [9.17, 15) is 9.59 Å². The Bertz CT molecular complexity index is 702. The van der Waals surface area contributed by atoms with Crippen LogP contribution in [0, 0.1) is 0 Å². The van der Waals surface area contributed by atoms with Gasteiger partial charge in [-0.05, 0) is 18.1 Å². The first-order valence-electron chi connectivity index (χ1n) is 9.02. The molecule has 2 N–H and O–H groups in total. The van der Waals surface area contributed by atoms with E-state index >= 15 is 0 Å². The number of amides is 2. The molecule has 138 valence electrons. The molecule has 26 heavy (non-hydrogen) atoms. The maximum atomic E-state index is 12.3. The van der Waals surface area contributed by atoms with Crippen LogP contribution in [0.1, 0.15) is 12.0 Å². The third kappa shape index (κ3) is 5.16. The number of nitrogens with one attached hydrogen (secondary N) is 2. The molecule has 1 aromatic heterocycles. The van der Waals surface area contributed by atoms with Crippen LogP contribution in [0.4, 0.5) is 0 Å². The second kappa shape index (κ2) is 9.15. The Balaban J connectivity index is 1.49. The second-order valence-corrected chi connectivity index (χ2v) is 6.40. The van der Waals surface area contributed by atoms with Crippen molar-refractivity contribution in [3.63, 3.8) is 0 Å². The van der Waals surface area contributed by atoms with Crippen LogP contribution >= 0.6 is 0 Å². The van der Waals surface area contributed by atoms with Crippen LogP contribution in [-0.4, -0.2) is 58.7 Å². The van der Waals surface area contributed by atoms with Crippen molar-refractivity contribution in [2.45, 2.75) is 25.4 Å².